The maximum absolute atomic E-state index is 12.9. The molecule has 0 N–H and O–H groups in total. The molecule has 0 amide bonds. The minimum absolute atomic E-state index is 0. The monoisotopic (exact) mass is 1460 g/mol. The molecule has 0 aromatic heterocycles. The molecule has 18 heteroatoms. The Kier molecular flexibility index (Phi) is 39.9. The molecule has 1 unspecified atom stereocenters. The topological polar surface area (TPSA) is 220 Å². The number of ether oxygens (including phenoxy) is 8. The maximum Gasteiger partial charge on any atom is 0.343 e. The van der Waals surface area contributed by atoms with Gasteiger partial charge in [-0.15, -0.1) is 5.92 Å². The fraction of sp³-hybridized carbons (Fsp3) is 0.558. The van der Waals surface area contributed by atoms with E-state index in [0.29, 0.717) is 57.9 Å². The van der Waals surface area contributed by atoms with Crippen molar-refractivity contribution >= 4 is 45.9 Å². The average molecular weight is 1460 g/mol. The first-order chi connectivity index (χ1) is 49.2. The van der Waals surface area contributed by atoms with Crippen molar-refractivity contribution in [3.63, 3.8) is 0 Å². The fourth-order valence-electron chi connectivity index (χ4n) is 13.6. The lowest BCUT2D eigenvalue weighted by Crippen LogP contribution is -2.30. The van der Waals surface area contributed by atoms with Gasteiger partial charge in [-0.1, -0.05) is 121 Å². The quantitative estimate of drug-likeness (QED) is 0.0199. The summed E-state index contributed by atoms with van der Waals surface area (Å²) in [5.41, 5.74) is 6.00. The summed E-state index contributed by atoms with van der Waals surface area (Å²) in [7, 11) is 2.06. The second-order valence-corrected chi connectivity index (χ2v) is 30.5. The first-order valence-electron chi connectivity index (χ1n) is 37.0. The molecule has 5 fully saturated rings. The van der Waals surface area contributed by atoms with Crippen LogP contribution in [0.2, 0.25) is 0 Å². The normalized spacial score (nSPS) is 21.1. The van der Waals surface area contributed by atoms with E-state index in [1.165, 1.54) is 141 Å². The number of carbonyl (C=O) groups excluding carboxylic acids is 6. The smallest absolute Gasteiger partial charge is 0.343 e. The number of carbonyl (C=O) groups is 6. The summed E-state index contributed by atoms with van der Waals surface area (Å²) in [5, 5.41) is 0. The molecule has 1 heterocycles. The van der Waals surface area contributed by atoms with Gasteiger partial charge in [0.25, 0.3) is 10.1 Å². The fourth-order valence-corrected chi connectivity index (χ4v) is 13.6. The van der Waals surface area contributed by atoms with Crippen molar-refractivity contribution < 1.29 is 79.3 Å². The molecule has 572 valence electrons. The average Bonchev–Trinajstić information content (AvgIpc) is 0.857. The van der Waals surface area contributed by atoms with Crippen LogP contribution in [0.1, 0.15) is 274 Å². The zero-order valence-electron chi connectivity index (χ0n) is 63.6. The van der Waals surface area contributed by atoms with Gasteiger partial charge in [0.05, 0.1) is 69.5 Å². The van der Waals surface area contributed by atoms with Gasteiger partial charge < -0.3 is 37.9 Å². The Morgan fingerprint density at radius 1 is 0.529 bits per heavy atom. The molecule has 1 atom stereocenters. The molecule has 5 aliphatic rings. The Morgan fingerprint density at radius 2 is 0.952 bits per heavy atom. The lowest BCUT2D eigenvalue weighted by Gasteiger charge is -2.37. The molecule has 1 aliphatic heterocycles. The van der Waals surface area contributed by atoms with E-state index in [2.05, 4.69) is 84.4 Å². The number of benzene rings is 5. The van der Waals surface area contributed by atoms with E-state index in [-0.39, 0.29) is 55.0 Å². The van der Waals surface area contributed by atoms with Crippen LogP contribution in [0.4, 0.5) is 0 Å². The van der Waals surface area contributed by atoms with Crippen LogP contribution in [0.5, 0.6) is 17.2 Å². The molecule has 5 aromatic rings. The van der Waals surface area contributed by atoms with E-state index >= 15 is 0 Å². The number of rotatable bonds is 18. The molecule has 10 rings (SSSR count). The van der Waals surface area contributed by atoms with Gasteiger partial charge in [0.15, 0.2) is 6.29 Å². The van der Waals surface area contributed by atoms with Crippen LogP contribution in [0.15, 0.2) is 121 Å². The van der Waals surface area contributed by atoms with E-state index in [4.69, 9.17) is 28.4 Å². The van der Waals surface area contributed by atoms with Crippen molar-refractivity contribution in [3.8, 4) is 29.1 Å². The van der Waals surface area contributed by atoms with Crippen LogP contribution in [0.25, 0.3) is 0 Å². The van der Waals surface area contributed by atoms with Gasteiger partial charge in [0, 0.05) is 18.8 Å². The second-order valence-electron chi connectivity index (χ2n) is 28.7. The standard InChI is InChI=1S/C32H48O4.C20H20O6.C15H20O2.C9H10O2.C7H12.C2H6O3S.CH4/c1-3-4-5-6-24-7-9-25(10-8-24)26-11-13-29(14-12-26)32(34)36-31-21-17-28(18-22-31)27-15-19-30(20-16-27)35-23(2)33;1-23-19(21)14-5-11-17(12-6-14)26-20(22)15-7-9-16(10-8-15)25-18-4-2-3-13-24-18;1-11-3-5-12(6-4-11)13-7-9-14(10-8-13)15(16)17-2;1-7-3-5-8(6-4-7)9(10)11-2;1-5-6-7(2,3)4;1-5-6(2,3)4;/h17-18,21-22,24-27,29-30H,3-16,19-20H2,1-2H3;5-12,18H,2-4,13H2,1H3;7-12H,3-6H2,1-2H3;3-6H,1-2H3;1-4H3;1-2H3;1H4. The third-order valence-corrected chi connectivity index (χ3v) is 20.1. The molecular weight excluding hydrogens is 1340 g/mol. The van der Waals surface area contributed by atoms with Crippen LogP contribution in [0.3, 0.4) is 0 Å². The van der Waals surface area contributed by atoms with E-state index in [0.717, 1.165) is 100 Å². The summed E-state index contributed by atoms with van der Waals surface area (Å²) in [6.07, 6.45) is 28.6. The predicted molar refractivity (Wildman–Crippen MR) is 409 cm³/mol. The predicted octanol–water partition coefficient (Wildman–Crippen LogP) is 19.8. The highest BCUT2D eigenvalue weighted by molar-refractivity contribution is 7.85. The lowest BCUT2D eigenvalue weighted by atomic mass is 9.68. The van der Waals surface area contributed by atoms with Crippen molar-refractivity contribution in [2.24, 2.45) is 35.0 Å². The minimum atomic E-state index is -3.16. The Morgan fingerprint density at radius 3 is 1.38 bits per heavy atom. The first-order valence-corrected chi connectivity index (χ1v) is 38.9. The zero-order valence-corrected chi connectivity index (χ0v) is 64.4. The number of hydrogen-bond acceptors (Lipinski definition) is 17. The van der Waals surface area contributed by atoms with E-state index in [1.54, 1.807) is 48.5 Å². The molecule has 4 aliphatic carbocycles. The Hall–Kier alpha value is -7.85. The molecule has 5 aromatic carbocycles. The number of hydrogen-bond donors (Lipinski definition) is 0. The number of methoxy groups -OCH3 is 3. The third kappa shape index (κ3) is 33.5. The highest BCUT2D eigenvalue weighted by Crippen LogP contribution is 2.43. The molecular formula is C86H120O17S. The summed E-state index contributed by atoms with van der Waals surface area (Å²) in [4.78, 5) is 69.9. The number of unbranched alkanes of at least 4 members (excludes halogenated alkanes) is 2. The SMILES string of the molecule is C.CC#CC(C)(C)C.CCCCCC1CCC(C2CCC(C(=O)Oc3ccc(C4CCC(OC(C)=O)CC4)cc3)CC2)CC1.COC(=O)c1ccc(C)cc1.COC(=O)c1ccc(C2CCC(C)CC2)cc1.COC(=O)c1ccc(OC(=O)c2ccc(OC3CCCCO3)cc2)cc1.COS(C)(=O)=O. The van der Waals surface area contributed by atoms with Crippen molar-refractivity contribution in [2.45, 2.75) is 235 Å². The molecule has 104 heavy (non-hydrogen) atoms. The Labute approximate surface area is 622 Å². The van der Waals surface area contributed by atoms with Gasteiger partial charge in [-0.3, -0.25) is 13.8 Å². The highest BCUT2D eigenvalue weighted by atomic mass is 32.2. The number of esters is 6. The van der Waals surface area contributed by atoms with E-state index in [9.17, 15) is 37.2 Å². The van der Waals surface area contributed by atoms with Crippen LogP contribution in [-0.2, 0) is 47.6 Å². The van der Waals surface area contributed by atoms with Gasteiger partial charge in [-0.05, 0) is 256 Å². The zero-order chi connectivity index (χ0) is 75.3. The summed E-state index contributed by atoms with van der Waals surface area (Å²) < 4.78 is 65.1. The molecule has 0 radical (unpaired) electrons. The van der Waals surface area contributed by atoms with Gasteiger partial charge in [-0.25, -0.2) is 19.2 Å². The second kappa shape index (κ2) is 46.9. The van der Waals surface area contributed by atoms with Gasteiger partial charge in [-0.2, -0.15) is 8.42 Å². The third-order valence-electron chi connectivity index (χ3n) is 19.5. The van der Waals surface area contributed by atoms with E-state index < -0.39 is 22.1 Å². The van der Waals surface area contributed by atoms with Crippen LogP contribution in [0, 0.1) is 53.8 Å². The lowest BCUT2D eigenvalue weighted by molar-refractivity contribution is -0.148. The van der Waals surface area contributed by atoms with Gasteiger partial charge in [0.2, 0.25) is 0 Å². The summed E-state index contributed by atoms with van der Waals surface area (Å²) in [6, 6.07) is 36.2. The molecule has 4 saturated carbocycles. The number of aryl methyl sites for hydroxylation is 1. The van der Waals surface area contributed by atoms with Crippen molar-refractivity contribution in [3.05, 3.63) is 160 Å². The van der Waals surface area contributed by atoms with Crippen LogP contribution >= 0.6 is 0 Å². The van der Waals surface area contributed by atoms with Crippen molar-refractivity contribution in [1.29, 1.82) is 0 Å². The molecule has 1 saturated heterocycles. The van der Waals surface area contributed by atoms with Crippen molar-refractivity contribution in [2.75, 3.05) is 41.3 Å². The minimum Gasteiger partial charge on any atom is -0.465 e. The summed E-state index contributed by atoms with van der Waals surface area (Å²) in [5.74, 6) is 10.6. The maximum atomic E-state index is 12.9. The van der Waals surface area contributed by atoms with Crippen LogP contribution < -0.4 is 14.2 Å². The largest absolute Gasteiger partial charge is 0.465 e. The van der Waals surface area contributed by atoms with Crippen molar-refractivity contribution in [1.82, 2.24) is 0 Å². The summed E-state index contributed by atoms with van der Waals surface area (Å²) in [6.45, 7) is 17.0. The summed E-state index contributed by atoms with van der Waals surface area (Å²) >= 11 is 0. The van der Waals surface area contributed by atoms with Gasteiger partial charge in [0.1, 0.15) is 23.4 Å². The molecule has 0 bridgehead atoms. The first kappa shape index (κ1) is 88.5. The van der Waals surface area contributed by atoms with Crippen LogP contribution in [-0.4, -0.2) is 97.9 Å². The Bertz CT molecular complexity index is 3490. The Balaban J connectivity index is 0.000000293. The molecule has 17 nitrogen and oxygen atoms in total. The van der Waals surface area contributed by atoms with E-state index in [1.807, 2.05) is 50.2 Å². The van der Waals surface area contributed by atoms with Gasteiger partial charge >= 0.3 is 35.8 Å². The highest BCUT2D eigenvalue weighted by Gasteiger charge is 2.34. The molecule has 0 spiro atoms.